The third kappa shape index (κ3) is 5.05. The van der Waals surface area contributed by atoms with Crippen LogP contribution < -0.4 is 0 Å². The first-order valence-corrected chi connectivity index (χ1v) is 14.7. The topological polar surface area (TPSA) is 25.8 Å². The van der Waals surface area contributed by atoms with Gasteiger partial charge in [-0.1, -0.05) is 165 Å². The van der Waals surface area contributed by atoms with E-state index in [1.54, 1.807) is 0 Å². The van der Waals surface area contributed by atoms with E-state index in [9.17, 15) is 9.60 Å². The van der Waals surface area contributed by atoms with Crippen LogP contribution >= 0.6 is 0 Å². The van der Waals surface area contributed by atoms with Crippen molar-refractivity contribution < 1.29 is 37.0 Å². The molecule has 0 bridgehead atoms. The maximum absolute atomic E-state index is 9.54. The first-order chi connectivity index (χ1) is 35.3. The van der Waals surface area contributed by atoms with Crippen molar-refractivity contribution in [1.82, 2.24) is 9.97 Å². The molecule has 0 fully saturated rings. The van der Waals surface area contributed by atoms with Gasteiger partial charge in [-0.05, 0) is 73.4 Å². The molecule has 232 valence electrons. The summed E-state index contributed by atoms with van der Waals surface area (Å²) in [6, 6.07) is -21.0. The van der Waals surface area contributed by atoms with Crippen LogP contribution in [0.3, 0.4) is 0 Å². The highest BCUT2D eigenvalue weighted by Crippen LogP contribution is 2.53. The molecule has 0 atom stereocenters. The second-order valence-electron chi connectivity index (χ2n) is 11.3. The van der Waals surface area contributed by atoms with Crippen LogP contribution in [0.1, 0.15) is 62.0 Å². The number of rotatable bonds is 5. The van der Waals surface area contributed by atoms with Gasteiger partial charge in [0, 0.05) is 22.1 Å². The maximum Gasteiger partial charge on any atom is 0.160 e. The van der Waals surface area contributed by atoms with Crippen LogP contribution in [0, 0.1) is 0 Å². The van der Waals surface area contributed by atoms with E-state index in [1.807, 2.05) is 0 Å². The smallest absolute Gasteiger partial charge is 0.160 e. The van der Waals surface area contributed by atoms with E-state index < -0.39 is 230 Å². The van der Waals surface area contributed by atoms with Gasteiger partial charge in [0.05, 0.1) is 48.4 Å². The molecule has 0 saturated carbocycles. The van der Waals surface area contributed by atoms with E-state index in [1.165, 1.54) is 13.8 Å². The van der Waals surface area contributed by atoms with Crippen molar-refractivity contribution >= 4 is 10.8 Å². The van der Waals surface area contributed by atoms with E-state index in [0.29, 0.717) is 0 Å². The Balaban J connectivity index is 1.38. The van der Waals surface area contributed by atoms with Crippen LogP contribution in [0.2, 0.25) is 0 Å². The lowest BCUT2D eigenvalue weighted by Gasteiger charge is -2.22. The number of nitrogens with zero attached hydrogens (tertiary/aromatic N) is 2. The molecule has 0 N–H and O–H groups in total. The molecule has 49 heavy (non-hydrogen) atoms. The molecule has 1 aliphatic carbocycles. The Bertz CT molecular complexity index is 3940. The van der Waals surface area contributed by atoms with Crippen molar-refractivity contribution in [1.29, 1.82) is 0 Å². The van der Waals surface area contributed by atoms with Gasteiger partial charge in [-0.2, -0.15) is 0 Å². The number of fused-ring (bicyclic) bond motifs is 4. The molecule has 7 aromatic carbocycles. The van der Waals surface area contributed by atoms with Gasteiger partial charge < -0.3 is 0 Å². The monoisotopic (exact) mass is 653 g/mol. The first kappa shape index (κ1) is 12.4. The third-order valence-corrected chi connectivity index (χ3v) is 8.02. The molecule has 0 radical (unpaired) electrons. The van der Waals surface area contributed by atoms with Crippen molar-refractivity contribution in [3.8, 4) is 67.3 Å². The molecule has 0 aliphatic heterocycles. The van der Waals surface area contributed by atoms with Crippen LogP contribution in [0.5, 0.6) is 0 Å². The lowest BCUT2D eigenvalue weighted by atomic mass is 9.81. The Morgan fingerprint density at radius 3 is 1.57 bits per heavy atom. The normalized spacial score (nSPS) is 20.6. The quantitative estimate of drug-likeness (QED) is 0.185. The van der Waals surface area contributed by atoms with Gasteiger partial charge in [-0.25, -0.2) is 9.97 Å². The number of hydrogen-bond acceptors (Lipinski definition) is 2. The zero-order chi connectivity index (χ0) is 56.4. The second kappa shape index (κ2) is 11.5. The summed E-state index contributed by atoms with van der Waals surface area (Å²) >= 11 is 0. The van der Waals surface area contributed by atoms with Gasteiger partial charge >= 0.3 is 0 Å². The summed E-state index contributed by atoms with van der Waals surface area (Å²) in [5, 5.41) is -0.716. The van der Waals surface area contributed by atoms with E-state index >= 15 is 0 Å². The average molecular weight is 654 g/mol. The lowest BCUT2D eigenvalue weighted by molar-refractivity contribution is 0.661. The maximum atomic E-state index is 9.54. The zero-order valence-corrected chi connectivity index (χ0v) is 25.5. The third-order valence-electron chi connectivity index (χ3n) is 8.02. The SMILES string of the molecule is [2H]c1c([2H])c([2H])c(-c2nc(-c3c([2H])c([2H])c(-c4c([2H])c([2H])c([2H])c([2H])c4[2H])c([2H])c3[2H])cc(-c3c([2H])c([2H])c(-c4c([2H])c([2H])c([2H])c5c4-c4c(c([2H])c6c([2H])c([2H])c([2H])c([2H])c6c4[2H])C5(C)C)c([2H])c3[2H])n2)c([2H])c1[2H]. The Morgan fingerprint density at radius 2 is 0.939 bits per heavy atom. The van der Waals surface area contributed by atoms with Gasteiger partial charge in [0.25, 0.3) is 0 Å². The highest BCUT2D eigenvalue weighted by atomic mass is 14.9. The van der Waals surface area contributed by atoms with E-state index in [-0.39, 0.29) is 27.6 Å². The van der Waals surface area contributed by atoms with Crippen LogP contribution in [0.4, 0.5) is 0 Å². The molecular formula is C47H34N2. The molecule has 2 heteroatoms. The minimum atomic E-state index is -1.52. The van der Waals surface area contributed by atoms with Crippen molar-refractivity contribution in [2.24, 2.45) is 0 Å². The van der Waals surface area contributed by atoms with E-state index in [0.717, 1.165) is 6.07 Å². The molecule has 1 aromatic heterocycles. The number of hydrogen-bond donors (Lipinski definition) is 0. The molecule has 0 unspecified atom stereocenters. The molecule has 0 spiro atoms. The molecule has 0 saturated heterocycles. The molecular weight excluding hydrogens is 593 g/mol. The van der Waals surface area contributed by atoms with Gasteiger partial charge in [-0.3, -0.25) is 0 Å². The fourth-order valence-electron chi connectivity index (χ4n) is 5.65. The van der Waals surface area contributed by atoms with Crippen molar-refractivity contribution in [2.75, 3.05) is 0 Å². The fraction of sp³-hybridized carbons (Fsp3) is 0.0638. The summed E-state index contributed by atoms with van der Waals surface area (Å²) in [5.41, 5.74) is -8.01. The minimum Gasteiger partial charge on any atom is -0.228 e. The van der Waals surface area contributed by atoms with E-state index in [2.05, 4.69) is 9.97 Å². The minimum absolute atomic E-state index is 0.0408. The van der Waals surface area contributed by atoms with Crippen LogP contribution in [0.15, 0.2) is 169 Å². The second-order valence-corrected chi connectivity index (χ2v) is 11.3. The average Bonchev–Trinajstić information content (AvgIpc) is 3.82. The number of aromatic nitrogens is 2. The summed E-state index contributed by atoms with van der Waals surface area (Å²) in [7, 11) is 0. The van der Waals surface area contributed by atoms with E-state index in [4.69, 9.17) is 27.4 Å². The summed E-state index contributed by atoms with van der Waals surface area (Å²) in [4.78, 5) is 8.72. The predicted molar refractivity (Wildman–Crippen MR) is 204 cm³/mol. The predicted octanol–water partition coefficient (Wildman–Crippen LogP) is 12.3. The zero-order valence-electron chi connectivity index (χ0n) is 52.5. The summed E-state index contributed by atoms with van der Waals surface area (Å²) in [5.74, 6) is -0.772. The van der Waals surface area contributed by atoms with Crippen molar-refractivity contribution in [2.45, 2.75) is 19.3 Å². The molecule has 2 nitrogen and oxygen atoms in total. The van der Waals surface area contributed by atoms with Gasteiger partial charge in [-0.15, -0.1) is 0 Å². The molecule has 0 amide bonds. The largest absolute Gasteiger partial charge is 0.228 e. The fourth-order valence-corrected chi connectivity index (χ4v) is 5.65. The standard InChI is InChI=1S/C47H34N2/c1-47(2)41-19-11-18-39(45(41)40-28-37-16-9-10-17-38(37)29-42(40)47)33-22-26-35(27-23-33)44-30-43(48-46(49-44)36-14-7-4-8-15-36)34-24-20-32(21-25-34)31-12-5-3-6-13-31/h3-30H,1-2H3/i3D,4D,5D,6D,7D,8D,9D,10D,11D,12D,13D,14D,15D,16D,17D,18D,19D,20D,21D,22D,23D,24D,25D,26D,27D,28D,29D. The Kier molecular flexibility index (Phi) is 2.92. The first-order valence-electron chi connectivity index (χ1n) is 28.2. The van der Waals surface area contributed by atoms with Crippen LogP contribution in [0.25, 0.3) is 78.1 Å². The van der Waals surface area contributed by atoms with Crippen molar-refractivity contribution in [3.05, 3.63) is 180 Å². The van der Waals surface area contributed by atoms with Crippen LogP contribution in [-0.2, 0) is 5.41 Å². The molecule has 8 aromatic rings. The van der Waals surface area contributed by atoms with Crippen molar-refractivity contribution in [3.63, 3.8) is 0 Å². The molecule has 1 heterocycles. The Labute approximate surface area is 325 Å². The van der Waals surface area contributed by atoms with Gasteiger partial charge in [0.15, 0.2) is 5.82 Å². The molecule has 1 aliphatic rings. The van der Waals surface area contributed by atoms with Gasteiger partial charge in [0.2, 0.25) is 0 Å². The van der Waals surface area contributed by atoms with Gasteiger partial charge in [0.1, 0.15) is 0 Å². The summed E-state index contributed by atoms with van der Waals surface area (Å²) in [6.45, 7) is 3.05. The Morgan fingerprint density at radius 1 is 0.429 bits per heavy atom. The number of benzene rings is 7. The Hall–Kier alpha value is -6.12. The summed E-state index contributed by atoms with van der Waals surface area (Å²) < 4.78 is 239. The highest BCUT2D eigenvalue weighted by molar-refractivity contribution is 5.98. The highest BCUT2D eigenvalue weighted by Gasteiger charge is 2.37. The van der Waals surface area contributed by atoms with Crippen LogP contribution in [-0.4, -0.2) is 9.97 Å². The summed E-state index contributed by atoms with van der Waals surface area (Å²) in [6.07, 6.45) is 0. The lowest BCUT2D eigenvalue weighted by Crippen LogP contribution is -2.14. The molecule has 9 rings (SSSR count).